The number of hydrogen-bond acceptors (Lipinski definition) is 2. The number of fused-ring (bicyclic) bond motifs is 1. The Labute approximate surface area is 88.1 Å². The highest BCUT2D eigenvalue weighted by atomic mass is 32.2. The summed E-state index contributed by atoms with van der Waals surface area (Å²) >= 11 is 1.58. The first-order valence-electron chi connectivity index (χ1n) is 4.55. The molecular weight excluding hydrogens is 194 g/mol. The highest BCUT2D eigenvalue weighted by Crippen LogP contribution is 2.44. The van der Waals surface area contributed by atoms with Gasteiger partial charge in [-0.2, -0.15) is 0 Å². The minimum absolute atomic E-state index is 0.0885. The second-order valence-electron chi connectivity index (χ2n) is 3.74. The van der Waals surface area contributed by atoms with Gasteiger partial charge in [0, 0.05) is 11.3 Å². The minimum atomic E-state index is -0.415. The number of carbonyl (C=O) groups is 1. The van der Waals surface area contributed by atoms with E-state index < -0.39 is 4.75 Å². The molecule has 0 radical (unpaired) electrons. The number of thioether (sulfide) groups is 1. The van der Waals surface area contributed by atoms with Crippen molar-refractivity contribution in [3.63, 3.8) is 0 Å². The fraction of sp³-hybridized carbons (Fsp3) is 0.364. The van der Waals surface area contributed by atoms with Crippen molar-refractivity contribution < 1.29 is 4.79 Å². The summed E-state index contributed by atoms with van der Waals surface area (Å²) in [5.41, 5.74) is 3.26. The molecule has 1 aromatic carbocycles. The predicted octanol–water partition coefficient (Wildman–Crippen LogP) is 2.53. The summed E-state index contributed by atoms with van der Waals surface area (Å²) in [6.45, 7) is 4.02. The van der Waals surface area contributed by atoms with E-state index >= 15 is 0 Å². The van der Waals surface area contributed by atoms with E-state index in [2.05, 4.69) is 11.4 Å². The summed E-state index contributed by atoms with van der Waals surface area (Å²) in [6, 6.07) is 6.08. The van der Waals surface area contributed by atoms with Gasteiger partial charge in [-0.3, -0.25) is 4.79 Å². The first kappa shape index (κ1) is 9.59. The van der Waals surface area contributed by atoms with Crippen LogP contribution in [0.3, 0.4) is 0 Å². The van der Waals surface area contributed by atoms with Crippen LogP contribution in [0.2, 0.25) is 0 Å². The molecule has 0 fully saturated rings. The van der Waals surface area contributed by atoms with Crippen molar-refractivity contribution in [2.24, 2.45) is 0 Å². The van der Waals surface area contributed by atoms with E-state index in [0.717, 1.165) is 11.3 Å². The molecule has 0 aliphatic carbocycles. The molecule has 1 amide bonds. The number of anilines is 1. The molecule has 1 atom stereocenters. The Bertz CT molecular complexity index is 402. The lowest BCUT2D eigenvalue weighted by Crippen LogP contribution is -2.26. The van der Waals surface area contributed by atoms with Crippen molar-refractivity contribution in [1.29, 1.82) is 0 Å². The van der Waals surface area contributed by atoms with Crippen molar-refractivity contribution in [2.75, 3.05) is 11.6 Å². The fourth-order valence-electron chi connectivity index (χ4n) is 1.73. The van der Waals surface area contributed by atoms with Gasteiger partial charge in [-0.25, -0.2) is 0 Å². The summed E-state index contributed by atoms with van der Waals surface area (Å²) < 4.78 is -0.415. The maximum atomic E-state index is 11.8. The van der Waals surface area contributed by atoms with Gasteiger partial charge in [0.2, 0.25) is 5.91 Å². The number of amides is 1. The minimum Gasteiger partial charge on any atom is -0.324 e. The van der Waals surface area contributed by atoms with E-state index in [1.807, 2.05) is 32.2 Å². The molecule has 1 N–H and O–H groups in total. The van der Waals surface area contributed by atoms with Crippen molar-refractivity contribution in [3.8, 4) is 0 Å². The maximum Gasteiger partial charge on any atom is 0.244 e. The summed E-state index contributed by atoms with van der Waals surface area (Å²) in [7, 11) is 0. The normalized spacial score (nSPS) is 24.6. The van der Waals surface area contributed by atoms with Gasteiger partial charge in [0.05, 0.1) is 0 Å². The molecule has 0 bridgehead atoms. The third-order valence-corrected chi connectivity index (χ3v) is 4.00. The van der Waals surface area contributed by atoms with E-state index in [4.69, 9.17) is 0 Å². The molecule has 1 aromatic rings. The summed E-state index contributed by atoms with van der Waals surface area (Å²) in [5.74, 6) is 0.0885. The molecule has 2 rings (SSSR count). The monoisotopic (exact) mass is 207 g/mol. The molecular formula is C11H13NOS. The number of nitrogens with one attached hydrogen (secondary N) is 1. The number of aryl methyl sites for hydroxylation is 1. The van der Waals surface area contributed by atoms with Gasteiger partial charge >= 0.3 is 0 Å². The van der Waals surface area contributed by atoms with Crippen molar-refractivity contribution in [3.05, 3.63) is 29.3 Å². The molecule has 74 valence electrons. The van der Waals surface area contributed by atoms with Crippen LogP contribution in [0.1, 0.15) is 18.1 Å². The smallest absolute Gasteiger partial charge is 0.244 e. The molecule has 2 nitrogen and oxygen atoms in total. The lowest BCUT2D eigenvalue weighted by Gasteiger charge is -2.19. The van der Waals surface area contributed by atoms with Gasteiger partial charge in [-0.1, -0.05) is 17.7 Å². The van der Waals surface area contributed by atoms with Gasteiger partial charge in [-0.05, 0) is 26.2 Å². The molecule has 0 aromatic heterocycles. The third-order valence-electron chi connectivity index (χ3n) is 2.78. The van der Waals surface area contributed by atoms with Crippen LogP contribution >= 0.6 is 11.8 Å². The zero-order valence-electron chi connectivity index (χ0n) is 8.55. The van der Waals surface area contributed by atoms with E-state index in [-0.39, 0.29) is 5.91 Å². The SMILES string of the molecule is CSC1(C)C(=O)Nc2ccc(C)cc21. The zero-order chi connectivity index (χ0) is 10.3. The summed E-state index contributed by atoms with van der Waals surface area (Å²) in [5, 5.41) is 2.91. The molecule has 3 heteroatoms. The van der Waals surface area contributed by atoms with Crippen molar-refractivity contribution in [1.82, 2.24) is 0 Å². The highest BCUT2D eigenvalue weighted by Gasteiger charge is 2.41. The van der Waals surface area contributed by atoms with Gasteiger partial charge in [0.25, 0.3) is 0 Å². The lowest BCUT2D eigenvalue weighted by molar-refractivity contribution is -0.117. The molecule has 0 spiro atoms. The van der Waals surface area contributed by atoms with Crippen molar-refractivity contribution >= 4 is 23.4 Å². The Hall–Kier alpha value is -0.960. The van der Waals surface area contributed by atoms with Crippen LogP contribution in [0.4, 0.5) is 5.69 Å². The van der Waals surface area contributed by atoms with Crippen LogP contribution in [-0.4, -0.2) is 12.2 Å². The predicted molar refractivity (Wildman–Crippen MR) is 60.7 cm³/mol. The van der Waals surface area contributed by atoms with Gasteiger partial charge in [-0.15, -0.1) is 11.8 Å². The average Bonchev–Trinajstić information content (AvgIpc) is 2.41. The standard InChI is InChI=1S/C11H13NOS/c1-7-4-5-9-8(6-7)11(2,14-3)10(13)12-9/h4-6H,1-3H3,(H,12,13). The number of hydrogen-bond donors (Lipinski definition) is 1. The topological polar surface area (TPSA) is 29.1 Å². The molecule has 1 unspecified atom stereocenters. The Kier molecular flexibility index (Phi) is 2.07. The van der Waals surface area contributed by atoms with Crippen LogP contribution in [-0.2, 0) is 9.54 Å². The number of rotatable bonds is 1. The fourth-order valence-corrected chi connectivity index (χ4v) is 2.35. The molecule has 14 heavy (non-hydrogen) atoms. The summed E-state index contributed by atoms with van der Waals surface area (Å²) in [4.78, 5) is 11.8. The third kappa shape index (κ3) is 1.16. The molecule has 1 aliphatic rings. The van der Waals surface area contributed by atoms with Crippen LogP contribution in [0, 0.1) is 6.92 Å². The Morgan fingerprint density at radius 2 is 2.14 bits per heavy atom. The second kappa shape index (κ2) is 3.02. The Balaban J connectivity index is 2.61. The van der Waals surface area contributed by atoms with Crippen LogP contribution in [0.15, 0.2) is 18.2 Å². The quantitative estimate of drug-likeness (QED) is 0.766. The largest absolute Gasteiger partial charge is 0.324 e. The molecule has 0 saturated carbocycles. The van der Waals surface area contributed by atoms with E-state index in [1.54, 1.807) is 11.8 Å². The van der Waals surface area contributed by atoms with Gasteiger partial charge < -0.3 is 5.32 Å². The second-order valence-corrected chi connectivity index (χ2v) is 4.97. The maximum absolute atomic E-state index is 11.8. The lowest BCUT2D eigenvalue weighted by atomic mass is 10.00. The van der Waals surface area contributed by atoms with Crippen LogP contribution < -0.4 is 5.32 Å². The van der Waals surface area contributed by atoms with E-state index in [9.17, 15) is 4.79 Å². The average molecular weight is 207 g/mol. The van der Waals surface area contributed by atoms with Crippen LogP contribution in [0.5, 0.6) is 0 Å². The van der Waals surface area contributed by atoms with E-state index in [0.29, 0.717) is 0 Å². The summed E-state index contributed by atoms with van der Waals surface area (Å²) in [6.07, 6.45) is 1.97. The number of benzene rings is 1. The first-order valence-corrected chi connectivity index (χ1v) is 5.78. The Morgan fingerprint density at radius 3 is 2.79 bits per heavy atom. The van der Waals surface area contributed by atoms with E-state index in [1.165, 1.54) is 5.56 Å². The zero-order valence-corrected chi connectivity index (χ0v) is 9.37. The van der Waals surface area contributed by atoms with Crippen LogP contribution in [0.25, 0.3) is 0 Å². The van der Waals surface area contributed by atoms with Crippen molar-refractivity contribution in [2.45, 2.75) is 18.6 Å². The Morgan fingerprint density at radius 1 is 1.43 bits per heavy atom. The first-order chi connectivity index (χ1) is 6.58. The molecule has 1 aliphatic heterocycles. The van der Waals surface area contributed by atoms with Gasteiger partial charge in [0.15, 0.2) is 0 Å². The molecule has 0 saturated heterocycles. The highest BCUT2D eigenvalue weighted by molar-refractivity contribution is 8.00. The van der Waals surface area contributed by atoms with Gasteiger partial charge in [0.1, 0.15) is 4.75 Å². The number of carbonyl (C=O) groups excluding carboxylic acids is 1. The molecule has 1 heterocycles.